The first-order chi connectivity index (χ1) is 33.4. The average Bonchev–Trinajstić information content (AvgIpc) is 3.28. The summed E-state index contributed by atoms with van der Waals surface area (Å²) >= 11 is 0. The number of aliphatic carboxylic acids is 5. The van der Waals surface area contributed by atoms with Gasteiger partial charge in [-0.05, 0) is 43.5 Å². The Morgan fingerprint density at radius 3 is 1.76 bits per heavy atom. The Balaban J connectivity index is 1.69. The Kier molecular flexibility index (Phi) is 21.0. The van der Waals surface area contributed by atoms with Crippen LogP contribution >= 0.6 is 0 Å². The Hall–Kier alpha value is -9.52. The molecule has 5 atom stereocenters. The number of carbonyl (C=O) groups is 11. The second kappa shape index (κ2) is 26.7. The number of guanidine groups is 1. The summed E-state index contributed by atoms with van der Waals surface area (Å²) in [5.74, 6) is -15.9. The van der Waals surface area contributed by atoms with Crippen molar-refractivity contribution >= 4 is 94.0 Å². The van der Waals surface area contributed by atoms with Crippen LogP contribution in [-0.4, -0.2) is 160 Å². The topological polar surface area (TPSA) is 535 Å². The van der Waals surface area contributed by atoms with Gasteiger partial charge in [-0.3, -0.25) is 62.7 Å². The Morgan fingerprint density at radius 2 is 1.21 bits per heavy atom. The van der Waals surface area contributed by atoms with Crippen molar-refractivity contribution < 1.29 is 78.3 Å². The molecule has 3 rings (SSSR count). The van der Waals surface area contributed by atoms with E-state index in [9.17, 15) is 78.0 Å². The predicted octanol–water partition coefficient (Wildman–Crippen LogP) is -5.51. The molecule has 382 valence electrons. The molecule has 0 spiro atoms. The monoisotopic (exact) mass is 999 g/mol. The Morgan fingerprint density at radius 1 is 0.662 bits per heavy atom. The number of anilines is 2. The van der Waals surface area contributed by atoms with Crippen LogP contribution in [0.25, 0.3) is 11.2 Å². The van der Waals surface area contributed by atoms with E-state index < -0.39 is 140 Å². The first-order valence-electron chi connectivity index (χ1n) is 20.7. The summed E-state index contributed by atoms with van der Waals surface area (Å²) in [6.45, 7) is -1.06. The van der Waals surface area contributed by atoms with E-state index in [1.165, 1.54) is 30.5 Å². The minimum absolute atomic E-state index is 0.000275. The molecule has 71 heavy (non-hydrogen) atoms. The van der Waals surface area contributed by atoms with E-state index in [0.717, 1.165) is 0 Å². The van der Waals surface area contributed by atoms with Crippen LogP contribution in [0.1, 0.15) is 61.0 Å². The van der Waals surface area contributed by atoms with Crippen LogP contribution in [0.4, 0.5) is 11.6 Å². The number of hydrogen-bond acceptors (Lipinski definition) is 18. The number of nitrogens with one attached hydrogen (secondary N) is 8. The lowest BCUT2D eigenvalue weighted by molar-refractivity contribution is -0.144. The number of amides is 6. The van der Waals surface area contributed by atoms with E-state index in [4.69, 9.17) is 22.3 Å². The Labute approximate surface area is 398 Å². The zero-order valence-corrected chi connectivity index (χ0v) is 37.0. The van der Waals surface area contributed by atoms with Crippen molar-refractivity contribution in [3.8, 4) is 0 Å². The second-order valence-electron chi connectivity index (χ2n) is 15.0. The number of fused-ring (bicyclic) bond motifs is 1. The lowest BCUT2D eigenvalue weighted by Crippen LogP contribution is -2.59. The first kappa shape index (κ1) is 55.8. The third-order valence-electron chi connectivity index (χ3n) is 9.42. The van der Waals surface area contributed by atoms with Crippen molar-refractivity contribution in [2.45, 2.75) is 81.7 Å². The molecule has 0 saturated carbocycles. The number of hydrogen-bond donors (Lipinski definition) is 16. The van der Waals surface area contributed by atoms with Crippen LogP contribution in [0.2, 0.25) is 0 Å². The minimum Gasteiger partial charge on any atom is -0.481 e. The number of nitrogen functional groups attached to an aromatic ring is 1. The van der Waals surface area contributed by atoms with Gasteiger partial charge in [0.1, 0.15) is 36.8 Å². The zero-order chi connectivity index (χ0) is 52.9. The third kappa shape index (κ3) is 19.3. The summed E-state index contributed by atoms with van der Waals surface area (Å²) in [5, 5.41) is 62.3. The van der Waals surface area contributed by atoms with E-state index in [1.54, 1.807) is 0 Å². The largest absolute Gasteiger partial charge is 0.481 e. The van der Waals surface area contributed by atoms with Gasteiger partial charge in [-0.1, -0.05) is 0 Å². The number of nitrogens with two attached hydrogens (primary N) is 3. The van der Waals surface area contributed by atoms with Crippen LogP contribution in [0, 0.1) is 0 Å². The summed E-state index contributed by atoms with van der Waals surface area (Å²) in [6.07, 6.45) is -3.81. The van der Waals surface area contributed by atoms with Crippen LogP contribution < -0.4 is 60.0 Å². The van der Waals surface area contributed by atoms with Crippen molar-refractivity contribution in [3.05, 3.63) is 52.1 Å². The molecule has 0 aliphatic carbocycles. The molecule has 0 aliphatic heterocycles. The summed E-state index contributed by atoms with van der Waals surface area (Å²) in [6, 6.07) is -3.79. The molecule has 6 amide bonds. The third-order valence-corrected chi connectivity index (χ3v) is 9.42. The first-order valence-corrected chi connectivity index (χ1v) is 20.7. The van der Waals surface area contributed by atoms with Crippen molar-refractivity contribution in [1.82, 2.24) is 51.8 Å². The smallest absolute Gasteiger partial charge is 0.326 e. The van der Waals surface area contributed by atoms with Crippen LogP contribution in [-0.2, 0) is 54.5 Å². The molecule has 5 unspecified atom stereocenters. The van der Waals surface area contributed by atoms with Gasteiger partial charge in [0, 0.05) is 24.2 Å². The summed E-state index contributed by atoms with van der Waals surface area (Å²) in [4.78, 5) is 167. The van der Waals surface area contributed by atoms with E-state index >= 15 is 0 Å². The molecule has 2 heterocycles. The molecule has 2 aromatic heterocycles. The SMILES string of the molecule is NC(N)=NCCCC(NC(=O)C(CC(=O)O)NC(=O)CCC(NC(=O)c1ccc(NCc2cnc3nc(N)[nH]c(=O)c3n2)cc1)C(=O)O)C(=O)NC(CC(=O)O)C(=O)NC(CC(=O)O)C(=O)NCC(=O)O. The number of aliphatic imine (C=N–C) groups is 1. The van der Waals surface area contributed by atoms with Crippen molar-refractivity contribution in [1.29, 1.82) is 0 Å². The van der Waals surface area contributed by atoms with E-state index in [2.05, 4.69) is 46.2 Å². The van der Waals surface area contributed by atoms with Gasteiger partial charge in [-0.25, -0.2) is 14.8 Å². The van der Waals surface area contributed by atoms with Gasteiger partial charge in [-0.15, -0.1) is 0 Å². The number of carbonyl (C=O) groups excluding carboxylic acids is 6. The molecular weight excluding hydrogens is 951 g/mol. The van der Waals surface area contributed by atoms with Crippen molar-refractivity contribution in [3.63, 3.8) is 0 Å². The molecule has 32 nitrogen and oxygen atoms in total. The number of carboxylic acids is 5. The maximum absolute atomic E-state index is 13.6. The quantitative estimate of drug-likeness (QED) is 0.0175. The van der Waals surface area contributed by atoms with Gasteiger partial charge in [0.2, 0.25) is 35.5 Å². The van der Waals surface area contributed by atoms with Gasteiger partial charge >= 0.3 is 29.8 Å². The molecule has 19 N–H and O–H groups in total. The number of H-pyrrole nitrogens is 1. The Bertz CT molecular complexity index is 2600. The number of rotatable bonds is 29. The lowest BCUT2D eigenvalue weighted by Gasteiger charge is -2.25. The van der Waals surface area contributed by atoms with Crippen molar-refractivity contribution in [2.75, 3.05) is 24.1 Å². The van der Waals surface area contributed by atoms with Gasteiger partial charge in [0.05, 0.1) is 37.7 Å². The standard InChI is InChI=1S/C39H49N15O17/c40-38(41)43-9-1-2-19(33(66)52-23(12-27(60)61)35(68)51-21(10-25(56)57)32(65)46-15-28(62)63)49-34(67)22(11-26(58)59)48-24(55)8-7-20(37(70)71)50-31(64)16-3-5-17(6-4-16)44-13-18-14-45-30-29(47-18)36(69)54-39(42)53-30/h3-6,14,19-23,44H,1-2,7-13,15H2,(H,46,65)(H,48,55)(H,49,67)(H,50,64)(H,51,68)(H,52,66)(H,56,57)(H,58,59)(H,60,61)(H,62,63)(H,70,71)(H4,40,41,43)(H3,42,45,53,54,69). The number of carboxylic acid groups (broad SMARTS) is 5. The number of nitrogens with zero attached hydrogens (tertiary/aromatic N) is 4. The highest BCUT2D eigenvalue weighted by Gasteiger charge is 2.34. The molecule has 0 bridgehead atoms. The van der Waals surface area contributed by atoms with E-state index in [0.29, 0.717) is 11.4 Å². The highest BCUT2D eigenvalue weighted by molar-refractivity contribution is 5.99. The number of aromatic amines is 1. The van der Waals surface area contributed by atoms with E-state index in [-0.39, 0.29) is 54.6 Å². The van der Waals surface area contributed by atoms with Crippen LogP contribution in [0.15, 0.2) is 40.2 Å². The van der Waals surface area contributed by atoms with Gasteiger partial charge < -0.3 is 80.0 Å². The number of aromatic nitrogens is 4. The van der Waals surface area contributed by atoms with Crippen LogP contribution in [0.5, 0.6) is 0 Å². The maximum atomic E-state index is 13.6. The maximum Gasteiger partial charge on any atom is 0.326 e. The summed E-state index contributed by atoms with van der Waals surface area (Å²) in [5.41, 5.74) is 16.4. The van der Waals surface area contributed by atoms with Crippen molar-refractivity contribution in [2.24, 2.45) is 16.5 Å². The molecule has 1 aromatic carbocycles. The summed E-state index contributed by atoms with van der Waals surface area (Å²) in [7, 11) is 0. The second-order valence-corrected chi connectivity index (χ2v) is 15.0. The van der Waals surface area contributed by atoms with Gasteiger partial charge in [0.25, 0.3) is 11.5 Å². The molecule has 3 aromatic rings. The summed E-state index contributed by atoms with van der Waals surface area (Å²) < 4.78 is 0. The molecular formula is C39H49N15O17. The van der Waals surface area contributed by atoms with E-state index in [1.807, 2.05) is 16.0 Å². The molecule has 0 saturated heterocycles. The highest BCUT2D eigenvalue weighted by atomic mass is 16.4. The van der Waals surface area contributed by atoms with Gasteiger partial charge in [0.15, 0.2) is 17.1 Å². The van der Waals surface area contributed by atoms with Crippen LogP contribution in [0.3, 0.4) is 0 Å². The fraction of sp³-hybridized carbons (Fsp3) is 0.385. The fourth-order valence-electron chi connectivity index (χ4n) is 6.06. The highest BCUT2D eigenvalue weighted by Crippen LogP contribution is 2.13. The lowest BCUT2D eigenvalue weighted by atomic mass is 10.1. The average molecular weight is 1000 g/mol. The minimum atomic E-state index is -2.08. The van der Waals surface area contributed by atoms with Gasteiger partial charge in [-0.2, -0.15) is 4.98 Å². The molecule has 0 radical (unpaired) electrons. The normalized spacial score (nSPS) is 12.8. The number of benzene rings is 1. The molecule has 32 heteroatoms. The fourth-order valence-corrected chi connectivity index (χ4v) is 6.06. The molecule has 0 aliphatic rings. The molecule has 0 fully saturated rings. The zero-order valence-electron chi connectivity index (χ0n) is 37.0. The predicted molar refractivity (Wildman–Crippen MR) is 239 cm³/mol.